The average molecular weight is 229 g/mol. The van der Waals surface area contributed by atoms with E-state index in [1.807, 2.05) is 0 Å². The lowest BCUT2D eigenvalue weighted by atomic mass is 10.1. The van der Waals surface area contributed by atoms with Crippen LogP contribution in [-0.2, 0) is 0 Å². The number of rotatable bonds is 2. The number of nitrogens with zero attached hydrogens (tertiary/aromatic N) is 1. The van der Waals surface area contributed by atoms with Gasteiger partial charge < -0.3 is 4.90 Å². The van der Waals surface area contributed by atoms with Crippen LogP contribution in [0.15, 0.2) is 18.2 Å². The molecule has 0 atom stereocenters. The molecule has 1 aromatic carbocycles. The van der Waals surface area contributed by atoms with Gasteiger partial charge in [-0.3, -0.25) is 4.79 Å². The third-order valence-corrected chi connectivity index (χ3v) is 2.66. The maximum Gasteiger partial charge on any atom is 0.266 e. The van der Waals surface area contributed by atoms with Crippen molar-refractivity contribution < 1.29 is 18.0 Å². The normalized spacial score (nSPS) is 18.8. The van der Waals surface area contributed by atoms with Crippen molar-refractivity contribution in [2.24, 2.45) is 0 Å². The number of alkyl halides is 2. The minimum atomic E-state index is -2.76. The minimum absolute atomic E-state index is 0.136. The maximum absolute atomic E-state index is 13.3. The molecule has 0 bridgehead atoms. The molecule has 2 nitrogen and oxygen atoms in total. The molecule has 0 aromatic heterocycles. The fourth-order valence-electron chi connectivity index (χ4n) is 1.86. The van der Waals surface area contributed by atoms with E-state index in [4.69, 9.17) is 0 Å². The van der Waals surface area contributed by atoms with Gasteiger partial charge in [-0.2, -0.15) is 0 Å². The van der Waals surface area contributed by atoms with Crippen LogP contribution in [0, 0.1) is 5.82 Å². The predicted octanol–water partition coefficient (Wildman–Crippen LogP) is 2.48. The van der Waals surface area contributed by atoms with Crippen LogP contribution in [0.1, 0.15) is 16.8 Å². The van der Waals surface area contributed by atoms with Gasteiger partial charge in [0.25, 0.3) is 5.92 Å². The highest BCUT2D eigenvalue weighted by Gasteiger charge is 2.39. The molecule has 5 heteroatoms. The Bertz CT molecular complexity index is 420. The molecule has 1 heterocycles. The summed E-state index contributed by atoms with van der Waals surface area (Å²) in [5.74, 6) is -3.44. The van der Waals surface area contributed by atoms with Crippen molar-refractivity contribution in [3.05, 3.63) is 29.6 Å². The van der Waals surface area contributed by atoms with Crippen molar-refractivity contribution in [1.82, 2.24) is 0 Å². The molecule has 0 amide bonds. The van der Waals surface area contributed by atoms with E-state index in [0.29, 0.717) is 6.29 Å². The number of benzene rings is 1. The smallest absolute Gasteiger partial charge is 0.266 e. The fourth-order valence-corrected chi connectivity index (χ4v) is 1.86. The summed E-state index contributed by atoms with van der Waals surface area (Å²) < 4.78 is 39.2. The van der Waals surface area contributed by atoms with Gasteiger partial charge in [-0.05, 0) is 12.1 Å². The lowest BCUT2D eigenvalue weighted by Gasteiger charge is -2.19. The topological polar surface area (TPSA) is 20.3 Å². The summed E-state index contributed by atoms with van der Waals surface area (Å²) in [4.78, 5) is 12.1. The van der Waals surface area contributed by atoms with Gasteiger partial charge in [-0.15, -0.1) is 0 Å². The summed E-state index contributed by atoms with van der Waals surface area (Å²) >= 11 is 0. The molecule has 0 N–H and O–H groups in total. The minimum Gasteiger partial charge on any atom is -0.365 e. The number of halogens is 3. The monoisotopic (exact) mass is 229 g/mol. The van der Waals surface area contributed by atoms with Crippen LogP contribution in [0.4, 0.5) is 18.9 Å². The summed E-state index contributed by atoms with van der Waals surface area (Å²) in [5, 5.41) is 0. The molecule has 1 saturated heterocycles. The number of hydrogen-bond donors (Lipinski definition) is 0. The highest BCUT2D eigenvalue weighted by molar-refractivity contribution is 5.85. The van der Waals surface area contributed by atoms with E-state index in [9.17, 15) is 18.0 Å². The predicted molar refractivity (Wildman–Crippen MR) is 53.6 cm³/mol. The second-order valence-corrected chi connectivity index (χ2v) is 3.82. The molecule has 2 rings (SSSR count). The average Bonchev–Trinajstić information content (AvgIpc) is 2.58. The summed E-state index contributed by atoms with van der Waals surface area (Å²) in [5.41, 5.74) is 0.0902. The van der Waals surface area contributed by atoms with E-state index in [-0.39, 0.29) is 24.2 Å². The largest absolute Gasteiger partial charge is 0.365 e. The van der Waals surface area contributed by atoms with Crippen LogP contribution < -0.4 is 4.90 Å². The molecule has 0 unspecified atom stereocenters. The van der Waals surface area contributed by atoms with Crippen LogP contribution in [0.25, 0.3) is 0 Å². The molecule has 0 aliphatic carbocycles. The zero-order chi connectivity index (χ0) is 11.8. The third-order valence-electron chi connectivity index (χ3n) is 2.66. The SMILES string of the molecule is O=Cc1c(F)cccc1N1CCC(F)(F)C1. The third kappa shape index (κ3) is 1.89. The zero-order valence-corrected chi connectivity index (χ0v) is 8.42. The van der Waals surface area contributed by atoms with Gasteiger partial charge >= 0.3 is 0 Å². The number of carbonyl (C=O) groups excluding carboxylic acids is 1. The van der Waals surface area contributed by atoms with E-state index in [1.165, 1.54) is 17.0 Å². The van der Waals surface area contributed by atoms with Crippen molar-refractivity contribution in [3.8, 4) is 0 Å². The van der Waals surface area contributed by atoms with Crippen LogP contribution >= 0.6 is 0 Å². The molecular formula is C11H10F3NO. The second-order valence-electron chi connectivity index (χ2n) is 3.82. The first-order chi connectivity index (χ1) is 7.53. The Labute approximate surface area is 90.7 Å². The Morgan fingerprint density at radius 2 is 2.12 bits per heavy atom. The Morgan fingerprint density at radius 3 is 2.69 bits per heavy atom. The molecular weight excluding hydrogens is 219 g/mol. The van der Waals surface area contributed by atoms with Gasteiger partial charge in [0.05, 0.1) is 17.8 Å². The first kappa shape index (κ1) is 11.0. The van der Waals surface area contributed by atoms with E-state index in [2.05, 4.69) is 0 Å². The highest BCUT2D eigenvalue weighted by atomic mass is 19.3. The molecule has 16 heavy (non-hydrogen) atoms. The van der Waals surface area contributed by atoms with Crippen LogP contribution in [0.5, 0.6) is 0 Å². The standard InChI is InChI=1S/C11H10F3NO/c12-9-2-1-3-10(8(9)6-16)15-5-4-11(13,14)7-15/h1-3,6H,4-5,7H2. The Hall–Kier alpha value is -1.52. The molecule has 1 aliphatic heterocycles. The Balaban J connectivity index is 2.35. The number of aldehydes is 1. The number of anilines is 1. The van der Waals surface area contributed by atoms with Crippen LogP contribution in [-0.4, -0.2) is 25.3 Å². The number of carbonyl (C=O) groups is 1. The van der Waals surface area contributed by atoms with E-state index in [1.54, 1.807) is 0 Å². The molecule has 1 aromatic rings. The van der Waals surface area contributed by atoms with E-state index >= 15 is 0 Å². The van der Waals surface area contributed by atoms with Gasteiger partial charge in [0.15, 0.2) is 6.29 Å². The first-order valence-corrected chi connectivity index (χ1v) is 4.90. The zero-order valence-electron chi connectivity index (χ0n) is 8.42. The summed E-state index contributed by atoms with van der Waals surface area (Å²) in [6, 6.07) is 4.03. The summed E-state index contributed by atoms with van der Waals surface area (Å²) in [7, 11) is 0. The van der Waals surface area contributed by atoms with Crippen LogP contribution in [0.3, 0.4) is 0 Å². The molecule has 1 aliphatic rings. The van der Waals surface area contributed by atoms with Crippen molar-refractivity contribution in [2.45, 2.75) is 12.3 Å². The highest BCUT2D eigenvalue weighted by Crippen LogP contribution is 2.32. The van der Waals surface area contributed by atoms with Crippen molar-refractivity contribution in [1.29, 1.82) is 0 Å². The van der Waals surface area contributed by atoms with Gasteiger partial charge in [0.1, 0.15) is 5.82 Å². The van der Waals surface area contributed by atoms with Crippen molar-refractivity contribution in [2.75, 3.05) is 18.0 Å². The van der Waals surface area contributed by atoms with Gasteiger partial charge in [0, 0.05) is 13.0 Å². The van der Waals surface area contributed by atoms with E-state index < -0.39 is 18.3 Å². The van der Waals surface area contributed by atoms with Gasteiger partial charge in [0.2, 0.25) is 0 Å². The lowest BCUT2D eigenvalue weighted by Crippen LogP contribution is -2.25. The Morgan fingerprint density at radius 1 is 1.38 bits per heavy atom. The van der Waals surface area contributed by atoms with Gasteiger partial charge in [-0.25, -0.2) is 13.2 Å². The van der Waals surface area contributed by atoms with Crippen LogP contribution in [0.2, 0.25) is 0 Å². The quantitative estimate of drug-likeness (QED) is 0.726. The molecule has 0 saturated carbocycles. The van der Waals surface area contributed by atoms with Crippen molar-refractivity contribution in [3.63, 3.8) is 0 Å². The van der Waals surface area contributed by atoms with Gasteiger partial charge in [-0.1, -0.05) is 6.07 Å². The first-order valence-electron chi connectivity index (χ1n) is 4.90. The van der Waals surface area contributed by atoms with Crippen molar-refractivity contribution >= 4 is 12.0 Å². The summed E-state index contributed by atoms with van der Waals surface area (Å²) in [6.45, 7) is -0.325. The second kappa shape index (κ2) is 3.81. The summed E-state index contributed by atoms with van der Waals surface area (Å²) in [6.07, 6.45) is 0.100. The maximum atomic E-state index is 13.3. The van der Waals surface area contributed by atoms with E-state index in [0.717, 1.165) is 6.07 Å². The fraction of sp³-hybridized carbons (Fsp3) is 0.364. The molecule has 0 spiro atoms. The number of hydrogen-bond acceptors (Lipinski definition) is 2. The Kier molecular flexibility index (Phi) is 2.61. The molecule has 86 valence electrons. The molecule has 0 radical (unpaired) electrons. The lowest BCUT2D eigenvalue weighted by molar-refractivity contribution is 0.0257. The molecule has 1 fully saturated rings.